The third kappa shape index (κ3) is 2.20. The highest BCUT2D eigenvalue weighted by atomic mass is 32.1. The zero-order valence-corrected chi connectivity index (χ0v) is 10.7. The summed E-state index contributed by atoms with van der Waals surface area (Å²) >= 11 is 5.42. The first-order valence-corrected chi connectivity index (χ1v) is 7.29. The van der Waals surface area contributed by atoms with Crippen LogP contribution in [0.3, 0.4) is 0 Å². The van der Waals surface area contributed by atoms with Gasteiger partial charge in [-0.15, -0.1) is 0 Å². The summed E-state index contributed by atoms with van der Waals surface area (Å²) in [5, 5.41) is 7.96. The number of fused-ring (bicyclic) bond motifs is 2. The molecule has 0 aromatic carbocycles. The summed E-state index contributed by atoms with van der Waals surface area (Å²) in [7, 11) is 0. The molecule has 16 heavy (non-hydrogen) atoms. The summed E-state index contributed by atoms with van der Waals surface area (Å²) in [6.45, 7) is 0. The fourth-order valence-electron chi connectivity index (χ4n) is 3.89. The van der Waals surface area contributed by atoms with E-state index in [0.717, 1.165) is 16.9 Å². The van der Waals surface area contributed by atoms with E-state index in [2.05, 4.69) is 10.6 Å². The lowest BCUT2D eigenvalue weighted by Crippen LogP contribution is -2.47. The highest BCUT2D eigenvalue weighted by Crippen LogP contribution is 2.44. The van der Waals surface area contributed by atoms with Gasteiger partial charge in [0.2, 0.25) is 0 Å². The van der Waals surface area contributed by atoms with E-state index in [9.17, 15) is 0 Å². The van der Waals surface area contributed by atoms with Crippen LogP contribution in [0.1, 0.15) is 51.4 Å². The van der Waals surface area contributed by atoms with Gasteiger partial charge < -0.3 is 10.6 Å². The molecule has 3 saturated carbocycles. The predicted octanol–water partition coefficient (Wildman–Crippen LogP) is 2.58. The topological polar surface area (TPSA) is 24.1 Å². The average Bonchev–Trinajstić information content (AvgIpc) is 2.92. The van der Waals surface area contributed by atoms with Crippen molar-refractivity contribution < 1.29 is 0 Å². The van der Waals surface area contributed by atoms with Gasteiger partial charge >= 0.3 is 0 Å². The maximum atomic E-state index is 5.42. The van der Waals surface area contributed by atoms with Crippen molar-refractivity contribution in [1.29, 1.82) is 0 Å². The summed E-state index contributed by atoms with van der Waals surface area (Å²) in [5.74, 6) is 1.91. The lowest BCUT2D eigenvalue weighted by atomic mass is 9.95. The fraction of sp³-hybridized carbons (Fsp3) is 0.923. The van der Waals surface area contributed by atoms with Gasteiger partial charge in [-0.3, -0.25) is 0 Å². The average molecular weight is 238 g/mol. The molecule has 90 valence electrons. The molecule has 2 N–H and O–H groups in total. The molecule has 3 fully saturated rings. The van der Waals surface area contributed by atoms with Crippen LogP contribution in [-0.4, -0.2) is 17.2 Å². The van der Waals surface area contributed by atoms with Crippen LogP contribution in [0.2, 0.25) is 0 Å². The van der Waals surface area contributed by atoms with E-state index in [0.29, 0.717) is 12.1 Å². The van der Waals surface area contributed by atoms with Crippen LogP contribution in [0.5, 0.6) is 0 Å². The Hall–Kier alpha value is -0.310. The molecule has 3 heteroatoms. The molecule has 3 aliphatic carbocycles. The first kappa shape index (κ1) is 10.8. The molecule has 3 aliphatic rings. The molecule has 0 aromatic rings. The molecule has 3 atom stereocenters. The van der Waals surface area contributed by atoms with Crippen LogP contribution in [0.25, 0.3) is 0 Å². The molecule has 0 radical (unpaired) electrons. The normalized spacial score (nSPS) is 37.9. The third-order valence-electron chi connectivity index (χ3n) is 4.74. The second kappa shape index (κ2) is 4.52. The monoisotopic (exact) mass is 238 g/mol. The second-order valence-corrected chi connectivity index (χ2v) is 6.29. The highest BCUT2D eigenvalue weighted by Gasteiger charge is 2.39. The molecule has 0 saturated heterocycles. The van der Waals surface area contributed by atoms with Gasteiger partial charge in [0.05, 0.1) is 0 Å². The molecule has 2 bridgehead atoms. The SMILES string of the molecule is S=C(NC1CCCC1)N[C@H]1C[C@@H]2CC[C@H]1C2. The maximum Gasteiger partial charge on any atom is 0.166 e. The van der Waals surface area contributed by atoms with Gasteiger partial charge in [-0.2, -0.15) is 0 Å². The molecule has 0 unspecified atom stereocenters. The Morgan fingerprint density at radius 1 is 0.938 bits per heavy atom. The van der Waals surface area contributed by atoms with Gasteiger partial charge in [-0.25, -0.2) is 0 Å². The predicted molar refractivity (Wildman–Crippen MR) is 70.4 cm³/mol. The minimum atomic E-state index is 0.651. The molecule has 3 rings (SSSR count). The summed E-state index contributed by atoms with van der Waals surface area (Å²) in [6, 6.07) is 1.33. The summed E-state index contributed by atoms with van der Waals surface area (Å²) in [6.07, 6.45) is 11.0. The standard InChI is InChI=1S/C13H22N2S/c16-13(14-11-3-1-2-4-11)15-12-8-9-5-6-10(12)7-9/h9-12H,1-8H2,(H2,14,15,16)/t9-,10+,12+/m1/s1. The van der Waals surface area contributed by atoms with Crippen LogP contribution in [0.4, 0.5) is 0 Å². The van der Waals surface area contributed by atoms with Crippen LogP contribution in [0.15, 0.2) is 0 Å². The Kier molecular flexibility index (Phi) is 3.05. The Morgan fingerprint density at radius 2 is 1.75 bits per heavy atom. The van der Waals surface area contributed by atoms with Crippen molar-refractivity contribution in [3.8, 4) is 0 Å². The van der Waals surface area contributed by atoms with E-state index >= 15 is 0 Å². The van der Waals surface area contributed by atoms with Crippen molar-refractivity contribution in [2.75, 3.05) is 0 Å². The number of nitrogens with one attached hydrogen (secondary N) is 2. The van der Waals surface area contributed by atoms with Gasteiger partial charge in [0, 0.05) is 12.1 Å². The van der Waals surface area contributed by atoms with E-state index in [1.54, 1.807) is 0 Å². The quantitative estimate of drug-likeness (QED) is 0.723. The van der Waals surface area contributed by atoms with Crippen molar-refractivity contribution in [3.63, 3.8) is 0 Å². The van der Waals surface area contributed by atoms with Gasteiger partial charge in [-0.05, 0) is 56.2 Å². The van der Waals surface area contributed by atoms with Gasteiger partial charge in [-0.1, -0.05) is 19.3 Å². The van der Waals surface area contributed by atoms with Crippen molar-refractivity contribution in [1.82, 2.24) is 10.6 Å². The number of hydrogen-bond donors (Lipinski definition) is 2. The van der Waals surface area contributed by atoms with E-state index < -0.39 is 0 Å². The number of hydrogen-bond acceptors (Lipinski definition) is 1. The lowest BCUT2D eigenvalue weighted by molar-refractivity contribution is 0.387. The lowest BCUT2D eigenvalue weighted by Gasteiger charge is -2.26. The van der Waals surface area contributed by atoms with Crippen LogP contribution in [0, 0.1) is 11.8 Å². The van der Waals surface area contributed by atoms with E-state index in [-0.39, 0.29) is 0 Å². The van der Waals surface area contributed by atoms with Crippen LogP contribution < -0.4 is 10.6 Å². The summed E-state index contributed by atoms with van der Waals surface area (Å²) in [4.78, 5) is 0. The molecular weight excluding hydrogens is 216 g/mol. The molecule has 0 amide bonds. The highest BCUT2D eigenvalue weighted by molar-refractivity contribution is 7.80. The first-order valence-electron chi connectivity index (χ1n) is 6.88. The molecular formula is C13H22N2S. The van der Waals surface area contributed by atoms with Crippen molar-refractivity contribution >= 4 is 17.3 Å². The third-order valence-corrected chi connectivity index (χ3v) is 4.98. The Bertz CT molecular complexity index is 273. The number of rotatable bonds is 2. The molecule has 2 nitrogen and oxygen atoms in total. The summed E-state index contributed by atoms with van der Waals surface area (Å²) in [5.41, 5.74) is 0. The zero-order chi connectivity index (χ0) is 11.0. The van der Waals surface area contributed by atoms with E-state index in [1.165, 1.54) is 51.4 Å². The van der Waals surface area contributed by atoms with E-state index in [1.807, 2.05) is 0 Å². The molecule has 0 aliphatic heterocycles. The Morgan fingerprint density at radius 3 is 2.38 bits per heavy atom. The minimum absolute atomic E-state index is 0.651. The van der Waals surface area contributed by atoms with Gasteiger partial charge in [0.1, 0.15) is 0 Å². The largest absolute Gasteiger partial charge is 0.360 e. The van der Waals surface area contributed by atoms with Crippen molar-refractivity contribution in [2.45, 2.75) is 63.5 Å². The van der Waals surface area contributed by atoms with Crippen molar-refractivity contribution in [2.24, 2.45) is 11.8 Å². The van der Waals surface area contributed by atoms with Crippen molar-refractivity contribution in [3.05, 3.63) is 0 Å². The second-order valence-electron chi connectivity index (χ2n) is 5.88. The van der Waals surface area contributed by atoms with E-state index in [4.69, 9.17) is 12.2 Å². The molecule has 0 spiro atoms. The summed E-state index contributed by atoms with van der Waals surface area (Å²) < 4.78 is 0. The smallest absolute Gasteiger partial charge is 0.166 e. The number of thiocarbonyl (C=S) groups is 1. The Balaban J connectivity index is 1.45. The Labute approximate surface area is 104 Å². The molecule has 0 aromatic heterocycles. The van der Waals surface area contributed by atoms with Gasteiger partial charge in [0.25, 0.3) is 0 Å². The van der Waals surface area contributed by atoms with Crippen LogP contribution in [-0.2, 0) is 0 Å². The van der Waals surface area contributed by atoms with Gasteiger partial charge in [0.15, 0.2) is 5.11 Å². The zero-order valence-electron chi connectivity index (χ0n) is 9.87. The molecule has 0 heterocycles. The fourth-order valence-corrected chi connectivity index (χ4v) is 4.21. The maximum absolute atomic E-state index is 5.42. The first-order chi connectivity index (χ1) is 7.81. The van der Waals surface area contributed by atoms with Crippen LogP contribution >= 0.6 is 12.2 Å². The minimum Gasteiger partial charge on any atom is -0.360 e.